The molecular weight excluding hydrogens is 484 g/mol. The lowest BCUT2D eigenvalue weighted by Gasteiger charge is -2.08. The second kappa shape index (κ2) is 8.31. The molecule has 10 heteroatoms. The van der Waals surface area contributed by atoms with Crippen molar-refractivity contribution >= 4 is 49.3 Å². The number of hydrogen-bond donors (Lipinski definition) is 1. The number of nitro groups is 1. The van der Waals surface area contributed by atoms with E-state index in [-0.39, 0.29) is 22.7 Å². The first kappa shape index (κ1) is 19.1. The lowest BCUT2D eigenvalue weighted by Crippen LogP contribution is -2.19. The molecule has 1 amide bonds. The predicted octanol–water partition coefficient (Wildman–Crippen LogP) is 4.75. The molecular formula is C17H12Br2N4O4. The van der Waals surface area contributed by atoms with Crippen molar-refractivity contribution in [3.05, 3.63) is 73.8 Å². The highest BCUT2D eigenvalue weighted by Gasteiger charge is 2.19. The van der Waals surface area contributed by atoms with E-state index < -0.39 is 4.92 Å². The molecule has 0 unspecified atom stereocenters. The van der Waals surface area contributed by atoms with E-state index in [0.717, 1.165) is 4.47 Å². The zero-order chi connectivity index (χ0) is 19.4. The Labute approximate surface area is 170 Å². The molecule has 138 valence electrons. The molecule has 1 N–H and O–H groups in total. The molecule has 0 saturated carbocycles. The van der Waals surface area contributed by atoms with E-state index >= 15 is 0 Å². The summed E-state index contributed by atoms with van der Waals surface area (Å²) < 4.78 is 8.09. The number of nitrogens with one attached hydrogen (secondary N) is 1. The molecule has 0 fully saturated rings. The number of nitrogens with zero attached hydrogens (tertiary/aromatic N) is 3. The summed E-state index contributed by atoms with van der Waals surface area (Å²) in [6, 6.07) is 14.3. The van der Waals surface area contributed by atoms with E-state index in [4.69, 9.17) is 4.74 Å². The van der Waals surface area contributed by atoms with Crippen molar-refractivity contribution in [2.45, 2.75) is 6.54 Å². The first-order valence-electron chi connectivity index (χ1n) is 7.61. The second-order valence-corrected chi connectivity index (χ2v) is 7.15. The smallest absolute Gasteiger partial charge is 0.404 e. The van der Waals surface area contributed by atoms with Crippen LogP contribution in [-0.2, 0) is 11.3 Å². The maximum Gasteiger partial charge on any atom is 0.404 e. The van der Waals surface area contributed by atoms with E-state index in [1.807, 2.05) is 24.3 Å². The summed E-state index contributed by atoms with van der Waals surface area (Å²) in [5.74, 6) is 0.626. The first-order valence-corrected chi connectivity index (χ1v) is 9.20. The van der Waals surface area contributed by atoms with Crippen molar-refractivity contribution < 1.29 is 14.5 Å². The van der Waals surface area contributed by atoms with Crippen molar-refractivity contribution in [1.29, 1.82) is 0 Å². The van der Waals surface area contributed by atoms with Crippen LogP contribution >= 0.6 is 31.9 Å². The number of benzene rings is 2. The van der Waals surface area contributed by atoms with Crippen LogP contribution in [0.15, 0.2) is 63.7 Å². The Bertz CT molecular complexity index is 972. The zero-order valence-electron chi connectivity index (χ0n) is 13.6. The number of rotatable bonds is 6. The third-order valence-corrected chi connectivity index (χ3v) is 4.45. The van der Waals surface area contributed by atoms with Crippen molar-refractivity contribution in [1.82, 2.24) is 9.78 Å². The van der Waals surface area contributed by atoms with Gasteiger partial charge in [-0.3, -0.25) is 4.79 Å². The van der Waals surface area contributed by atoms with Gasteiger partial charge in [0.1, 0.15) is 22.5 Å². The quantitative estimate of drug-likeness (QED) is 0.393. The molecule has 0 spiro atoms. The van der Waals surface area contributed by atoms with Crippen LogP contribution in [0, 0.1) is 10.1 Å². The van der Waals surface area contributed by atoms with Crippen LogP contribution in [-0.4, -0.2) is 20.6 Å². The second-order valence-electron chi connectivity index (χ2n) is 5.38. The zero-order valence-corrected chi connectivity index (χ0v) is 16.8. The number of carbonyl (C=O) groups excluding carboxylic acids is 1. The van der Waals surface area contributed by atoms with Gasteiger partial charge in [-0.1, -0.05) is 15.9 Å². The van der Waals surface area contributed by atoms with Gasteiger partial charge in [-0.15, -0.1) is 0 Å². The molecule has 0 aliphatic heterocycles. The fourth-order valence-electron chi connectivity index (χ4n) is 2.18. The Hall–Kier alpha value is -2.72. The van der Waals surface area contributed by atoms with Crippen LogP contribution in [0.2, 0.25) is 0 Å². The van der Waals surface area contributed by atoms with Gasteiger partial charge in [0.15, 0.2) is 0 Å². The van der Waals surface area contributed by atoms with Gasteiger partial charge in [-0.2, -0.15) is 4.68 Å². The molecule has 3 aromatic rings. The number of anilines is 1. The van der Waals surface area contributed by atoms with Crippen molar-refractivity contribution in [2.75, 3.05) is 5.32 Å². The minimum absolute atomic E-state index is 0.149. The average Bonchev–Trinajstić information content (AvgIpc) is 2.99. The molecule has 1 aromatic heterocycles. The number of hydrogen-bond acceptors (Lipinski definition) is 5. The topological polar surface area (TPSA) is 99.3 Å². The van der Waals surface area contributed by atoms with Gasteiger partial charge in [-0.05, 0) is 69.4 Å². The van der Waals surface area contributed by atoms with Crippen LogP contribution < -0.4 is 10.1 Å². The normalized spacial score (nSPS) is 10.4. The third-order valence-electron chi connectivity index (χ3n) is 3.37. The van der Waals surface area contributed by atoms with Crippen LogP contribution in [0.3, 0.4) is 0 Å². The highest BCUT2D eigenvalue weighted by Crippen LogP contribution is 2.25. The summed E-state index contributed by atoms with van der Waals surface area (Å²) >= 11 is 6.40. The SMILES string of the molecule is O=C(Cn1cc(Br)c([N+](=O)[O-])n1)Nc1ccc(Oc2ccc(Br)cc2)cc1. The highest BCUT2D eigenvalue weighted by molar-refractivity contribution is 9.10. The minimum Gasteiger partial charge on any atom is -0.457 e. The average molecular weight is 496 g/mol. The lowest BCUT2D eigenvalue weighted by molar-refractivity contribution is -0.390. The van der Waals surface area contributed by atoms with E-state index in [9.17, 15) is 14.9 Å². The molecule has 1 heterocycles. The maximum absolute atomic E-state index is 12.1. The summed E-state index contributed by atoms with van der Waals surface area (Å²) in [5.41, 5.74) is 0.573. The molecule has 0 radical (unpaired) electrons. The van der Waals surface area contributed by atoms with Crippen molar-refractivity contribution in [3.8, 4) is 11.5 Å². The third kappa shape index (κ3) is 5.14. The Balaban J connectivity index is 1.59. The highest BCUT2D eigenvalue weighted by atomic mass is 79.9. The molecule has 0 aliphatic rings. The maximum atomic E-state index is 12.1. The molecule has 8 nitrogen and oxygen atoms in total. The van der Waals surface area contributed by atoms with Crippen LogP contribution in [0.1, 0.15) is 0 Å². The van der Waals surface area contributed by atoms with Gasteiger partial charge >= 0.3 is 5.82 Å². The Kier molecular flexibility index (Phi) is 5.87. The van der Waals surface area contributed by atoms with Gasteiger partial charge in [0.25, 0.3) is 0 Å². The van der Waals surface area contributed by atoms with Gasteiger partial charge in [-0.25, -0.2) is 0 Å². The fourth-order valence-corrected chi connectivity index (χ4v) is 2.91. The molecule has 27 heavy (non-hydrogen) atoms. The van der Waals surface area contributed by atoms with Gasteiger partial charge in [0.05, 0.1) is 11.3 Å². The first-order chi connectivity index (χ1) is 12.9. The number of amides is 1. The summed E-state index contributed by atoms with van der Waals surface area (Å²) in [5, 5.41) is 17.2. The van der Waals surface area contributed by atoms with Gasteiger partial charge in [0.2, 0.25) is 5.91 Å². The van der Waals surface area contributed by atoms with Crippen molar-refractivity contribution in [3.63, 3.8) is 0 Å². The van der Waals surface area contributed by atoms with Gasteiger partial charge < -0.3 is 20.2 Å². The largest absolute Gasteiger partial charge is 0.457 e. The molecule has 0 bridgehead atoms. The molecule has 0 atom stereocenters. The number of ether oxygens (including phenoxy) is 1. The van der Waals surface area contributed by atoms with Gasteiger partial charge in [0, 0.05) is 10.2 Å². The number of aromatic nitrogens is 2. The van der Waals surface area contributed by atoms with E-state index in [0.29, 0.717) is 17.2 Å². The van der Waals surface area contributed by atoms with E-state index in [2.05, 4.69) is 42.3 Å². The summed E-state index contributed by atoms with van der Waals surface area (Å²) in [7, 11) is 0. The number of halogens is 2. The summed E-state index contributed by atoms with van der Waals surface area (Å²) in [4.78, 5) is 22.2. The standard InChI is InChI=1S/C17H12Br2N4O4/c18-11-1-5-13(6-2-11)27-14-7-3-12(4-8-14)20-16(24)10-22-9-15(19)17(21-22)23(25)26/h1-9H,10H2,(H,20,24). The van der Waals surface area contributed by atoms with E-state index in [1.165, 1.54) is 10.9 Å². The van der Waals surface area contributed by atoms with Crippen molar-refractivity contribution in [2.24, 2.45) is 0 Å². The lowest BCUT2D eigenvalue weighted by atomic mass is 10.3. The summed E-state index contributed by atoms with van der Waals surface area (Å²) in [6.07, 6.45) is 1.38. The molecule has 0 aliphatic carbocycles. The molecule has 3 rings (SSSR count). The Morgan fingerprint density at radius 2 is 1.70 bits per heavy atom. The number of carbonyl (C=O) groups is 1. The van der Waals surface area contributed by atoms with Crippen LogP contribution in [0.5, 0.6) is 11.5 Å². The van der Waals surface area contributed by atoms with E-state index in [1.54, 1.807) is 24.3 Å². The Morgan fingerprint density at radius 1 is 1.11 bits per heavy atom. The predicted molar refractivity (Wildman–Crippen MR) is 106 cm³/mol. The van der Waals surface area contributed by atoms with Crippen LogP contribution in [0.4, 0.5) is 11.5 Å². The fraction of sp³-hybridized carbons (Fsp3) is 0.0588. The monoisotopic (exact) mass is 494 g/mol. The minimum atomic E-state index is -0.622. The Morgan fingerprint density at radius 3 is 2.26 bits per heavy atom. The summed E-state index contributed by atoms with van der Waals surface area (Å²) in [6.45, 7) is -0.149. The van der Waals surface area contributed by atoms with Crippen LogP contribution in [0.25, 0.3) is 0 Å². The molecule has 2 aromatic carbocycles. The molecule has 0 saturated heterocycles.